The van der Waals surface area contributed by atoms with Gasteiger partial charge in [-0.3, -0.25) is 4.98 Å². The largest absolute Gasteiger partial charge is 0.501 e. The van der Waals surface area contributed by atoms with E-state index in [1.165, 1.54) is 12.7 Å². The quantitative estimate of drug-likeness (QED) is 0.139. The van der Waals surface area contributed by atoms with Gasteiger partial charge in [0.05, 0.1) is 38.1 Å². The third kappa shape index (κ3) is 28.7. The van der Waals surface area contributed by atoms with Gasteiger partial charge in [0, 0.05) is 38.9 Å². The number of nitrogens with one attached hydrogen (secondary N) is 1. The lowest BCUT2D eigenvalue weighted by atomic mass is 10.1. The number of hydrogen-bond donors (Lipinski definition) is 3. The summed E-state index contributed by atoms with van der Waals surface area (Å²) in [5.41, 5.74) is 1.22. The van der Waals surface area contributed by atoms with Gasteiger partial charge in [0.25, 0.3) is 0 Å². The van der Waals surface area contributed by atoms with Crippen LogP contribution in [-0.2, 0) is 25.5 Å². The van der Waals surface area contributed by atoms with Crippen molar-refractivity contribution in [1.29, 1.82) is 0 Å². The Morgan fingerprint density at radius 2 is 1.97 bits per heavy atom. The summed E-state index contributed by atoms with van der Waals surface area (Å²) in [6.45, 7) is 6.73. The van der Waals surface area contributed by atoms with Crippen molar-refractivity contribution in [3.63, 3.8) is 0 Å². The number of allylic oxidation sites excluding steroid dienone is 2. The second-order valence-corrected chi connectivity index (χ2v) is 6.53. The molecule has 1 fully saturated rings. The molecule has 2 heterocycles. The van der Waals surface area contributed by atoms with E-state index in [4.69, 9.17) is 14.6 Å². The van der Waals surface area contributed by atoms with Crippen LogP contribution in [0.1, 0.15) is 31.7 Å². The number of nitroso groups, excluding NO2 is 1. The van der Waals surface area contributed by atoms with Crippen molar-refractivity contribution in [2.45, 2.75) is 51.2 Å². The van der Waals surface area contributed by atoms with E-state index >= 15 is 0 Å². The summed E-state index contributed by atoms with van der Waals surface area (Å²) in [6.07, 6.45) is 24.1. The first-order valence-corrected chi connectivity index (χ1v) is 11.2. The maximum Gasteiger partial charge on any atom is 0.160 e. The third-order valence-electron chi connectivity index (χ3n) is 3.94. The lowest BCUT2D eigenvalue weighted by Crippen LogP contribution is -2.38. The van der Waals surface area contributed by atoms with Crippen molar-refractivity contribution < 1.29 is 29.2 Å². The predicted octanol–water partition coefficient (Wildman–Crippen LogP) is 2.86. The van der Waals surface area contributed by atoms with Crippen molar-refractivity contribution in [3.8, 4) is 25.7 Å². The van der Waals surface area contributed by atoms with Gasteiger partial charge in [0.2, 0.25) is 0 Å². The molecule has 3 N–H and O–H groups in total. The van der Waals surface area contributed by atoms with Gasteiger partial charge in [-0.1, -0.05) is 30.0 Å². The number of rotatable bonds is 10. The molecule has 2 rings (SSSR count). The minimum atomic E-state index is -0.471. The molecule has 0 saturated carbocycles. The van der Waals surface area contributed by atoms with Gasteiger partial charge >= 0.3 is 0 Å². The van der Waals surface area contributed by atoms with Gasteiger partial charge in [-0.05, 0) is 25.6 Å². The lowest BCUT2D eigenvalue weighted by Gasteiger charge is -2.31. The molecule has 0 amide bonds. The van der Waals surface area contributed by atoms with Crippen molar-refractivity contribution in [1.82, 2.24) is 10.3 Å². The van der Waals surface area contributed by atoms with E-state index < -0.39 is 12.4 Å². The molecule has 0 unspecified atom stereocenters. The number of hydrogen-bond acceptors (Lipinski definition) is 10. The van der Waals surface area contributed by atoms with Gasteiger partial charge in [0.1, 0.15) is 12.8 Å². The lowest BCUT2D eigenvalue weighted by molar-refractivity contribution is -0.207. The molecule has 0 bridgehead atoms. The third-order valence-corrected chi connectivity index (χ3v) is 3.94. The van der Waals surface area contributed by atoms with Crippen LogP contribution >= 0.6 is 0 Å². The monoisotopic (exact) mass is 521 g/mol. The predicted molar refractivity (Wildman–Crippen MR) is 147 cm³/mol. The fourth-order valence-corrected chi connectivity index (χ4v) is 2.40. The Morgan fingerprint density at radius 3 is 2.41 bits per heavy atom. The van der Waals surface area contributed by atoms with Crippen LogP contribution in [0.5, 0.6) is 0 Å². The summed E-state index contributed by atoms with van der Waals surface area (Å²) in [4.78, 5) is 23.7. The summed E-state index contributed by atoms with van der Waals surface area (Å²) in [5.74, 6) is 0.509. The molecular formula is C27H43N3O7. The second-order valence-electron chi connectivity index (χ2n) is 6.53. The molecule has 0 spiro atoms. The fourth-order valence-electron chi connectivity index (χ4n) is 2.40. The molecular weight excluding hydrogens is 478 g/mol. The maximum atomic E-state index is 10.1. The number of pyridine rings is 1. The number of carbonyl (C=O) groups is 1. The van der Waals surface area contributed by atoms with E-state index in [0.29, 0.717) is 31.6 Å². The molecule has 1 aromatic heterocycles. The van der Waals surface area contributed by atoms with Gasteiger partial charge in [0.15, 0.2) is 6.29 Å². The molecule has 1 saturated heterocycles. The summed E-state index contributed by atoms with van der Waals surface area (Å²) in [5, 5.41) is 22.3. The molecule has 10 nitrogen and oxygen atoms in total. The zero-order chi connectivity index (χ0) is 29.3. The normalized spacial score (nSPS) is 17.0. The molecule has 0 aliphatic carbocycles. The Hall–Kier alpha value is -3.38. The number of aromatic nitrogens is 1. The molecule has 1 aliphatic heterocycles. The highest BCUT2D eigenvalue weighted by Gasteiger charge is 2.28. The average molecular weight is 522 g/mol. The molecule has 1 aliphatic rings. The zero-order valence-corrected chi connectivity index (χ0v) is 22.4. The average Bonchev–Trinajstić information content (AvgIpc) is 2.94. The Balaban J connectivity index is -0.000000213. The molecule has 0 radical (unpaired) electrons. The van der Waals surface area contributed by atoms with Crippen molar-refractivity contribution in [2.24, 2.45) is 5.18 Å². The van der Waals surface area contributed by atoms with Crippen LogP contribution in [-0.4, -0.2) is 74.4 Å². The zero-order valence-electron chi connectivity index (χ0n) is 22.4. The van der Waals surface area contributed by atoms with Gasteiger partial charge in [-0.15, -0.1) is 25.7 Å². The Bertz CT molecular complexity index is 704. The molecule has 1 aromatic rings. The van der Waals surface area contributed by atoms with Gasteiger partial charge < -0.3 is 34.5 Å². The van der Waals surface area contributed by atoms with Crippen molar-refractivity contribution in [2.75, 3.05) is 34.4 Å². The van der Waals surface area contributed by atoms with Crippen LogP contribution in [0.3, 0.4) is 0 Å². The van der Waals surface area contributed by atoms with Crippen molar-refractivity contribution in [3.05, 3.63) is 59.5 Å². The summed E-state index contributed by atoms with van der Waals surface area (Å²) < 4.78 is 15.4. The van der Waals surface area contributed by atoms with E-state index in [1.54, 1.807) is 6.20 Å². The number of methoxy groups -OCH3 is 1. The standard InChI is InChI=1S/C10H17NO4.C7H10N2.C5H8O2.2C2H2.CH4O/c1-2-3-4-14-10-6-8(12)5-9(15-10)7-11-13;1-8-5-7-3-2-4-9-6-7;1-5(7-2)3-4-6;3*1-2/h2-3,8-10,12H,4-7H2,1H3;2-4,6,8H,5H2,1H3;4H,1,3H2,2H3;2*1-2H;2H,1H3/b3-2-;;;;;/t8-,9-,10+;;;;;/m0...../s1. The molecule has 10 heteroatoms. The SMILES string of the molecule is C#C.C#C.C/C=C\CO[C@H]1C[C@@H](O)C[C@@H](CN=O)O1.C=C(CC=O)OC.CNCc1cccnc1.CO. The number of aliphatic hydroxyl groups excluding tert-OH is 2. The molecule has 3 atom stereocenters. The van der Waals surface area contributed by atoms with Gasteiger partial charge in [-0.2, -0.15) is 4.91 Å². The smallest absolute Gasteiger partial charge is 0.160 e. The molecule has 208 valence electrons. The fraction of sp³-hybridized carbons (Fsp3) is 0.481. The highest BCUT2D eigenvalue weighted by molar-refractivity contribution is 5.52. The first-order chi connectivity index (χ1) is 18.0. The van der Waals surface area contributed by atoms with E-state index in [2.05, 4.69) is 52.5 Å². The minimum absolute atomic E-state index is 0.0700. The first-order valence-electron chi connectivity index (χ1n) is 11.2. The highest BCUT2D eigenvalue weighted by atomic mass is 16.7. The van der Waals surface area contributed by atoms with Gasteiger partial charge in [-0.25, -0.2) is 0 Å². The minimum Gasteiger partial charge on any atom is -0.501 e. The molecule has 37 heavy (non-hydrogen) atoms. The Labute approximate surface area is 222 Å². The topological polar surface area (TPSA) is 140 Å². The number of aliphatic hydroxyl groups is 2. The maximum absolute atomic E-state index is 10.1. The van der Waals surface area contributed by atoms with Crippen LogP contribution in [0, 0.1) is 30.6 Å². The van der Waals surface area contributed by atoms with Crippen LogP contribution in [0.25, 0.3) is 0 Å². The number of terminal acetylenes is 2. The number of carbonyl (C=O) groups excluding carboxylic acids is 1. The summed E-state index contributed by atoms with van der Waals surface area (Å²) >= 11 is 0. The molecule has 0 aromatic carbocycles. The number of aldehydes is 1. The summed E-state index contributed by atoms with van der Waals surface area (Å²) in [6, 6.07) is 3.98. The van der Waals surface area contributed by atoms with Crippen LogP contribution in [0.15, 0.2) is 54.2 Å². The van der Waals surface area contributed by atoms with Crippen LogP contribution < -0.4 is 5.32 Å². The van der Waals surface area contributed by atoms with E-state index in [-0.39, 0.29) is 12.6 Å². The van der Waals surface area contributed by atoms with E-state index in [9.17, 15) is 14.8 Å². The number of ether oxygens (including phenoxy) is 3. The van der Waals surface area contributed by atoms with E-state index in [1.807, 2.05) is 44.5 Å². The highest BCUT2D eigenvalue weighted by Crippen LogP contribution is 2.20. The van der Waals surface area contributed by atoms with Crippen LogP contribution in [0.4, 0.5) is 0 Å². The number of nitrogens with zero attached hydrogens (tertiary/aromatic N) is 2. The second kappa shape index (κ2) is 34.8. The Kier molecular flexibility index (Phi) is 38.3. The summed E-state index contributed by atoms with van der Waals surface area (Å²) in [7, 11) is 4.42. The Morgan fingerprint density at radius 1 is 1.32 bits per heavy atom. The first kappa shape index (κ1) is 40.8. The van der Waals surface area contributed by atoms with Crippen molar-refractivity contribution >= 4 is 6.29 Å². The van der Waals surface area contributed by atoms with E-state index in [0.717, 1.165) is 19.9 Å². The van der Waals surface area contributed by atoms with Crippen LogP contribution in [0.2, 0.25) is 0 Å².